The van der Waals surface area contributed by atoms with Gasteiger partial charge < -0.3 is 19.6 Å². The Morgan fingerprint density at radius 3 is 2.76 bits per heavy atom. The van der Waals surface area contributed by atoms with E-state index in [0.717, 1.165) is 31.6 Å². The van der Waals surface area contributed by atoms with Crippen LogP contribution < -0.4 is 0 Å². The molecule has 2 N–H and O–H groups in total. The number of carboxylic acid groups (broad SMARTS) is 1. The standard InChI is InChI=1S/C17H22N4O4/c1-20-7-8-21(10-14(20)6-9-22)11-15-18-16(19-25-15)12-2-4-13(5-3-12)17(23)24/h2-5,14,22H,6-11H2,1H3,(H,23,24). The molecular formula is C17H22N4O4. The van der Waals surface area contributed by atoms with Crippen LogP contribution in [0.1, 0.15) is 22.7 Å². The minimum atomic E-state index is -0.965. The lowest BCUT2D eigenvalue weighted by Gasteiger charge is -2.38. The molecule has 0 aliphatic carbocycles. The van der Waals surface area contributed by atoms with Crippen LogP contribution in [-0.2, 0) is 6.54 Å². The van der Waals surface area contributed by atoms with Gasteiger partial charge in [0.25, 0.3) is 0 Å². The van der Waals surface area contributed by atoms with E-state index in [0.29, 0.717) is 24.3 Å². The van der Waals surface area contributed by atoms with Crippen LogP contribution in [-0.4, -0.2) is 75.5 Å². The number of nitrogens with zero attached hydrogens (tertiary/aromatic N) is 4. The summed E-state index contributed by atoms with van der Waals surface area (Å²) in [4.78, 5) is 19.8. The average molecular weight is 346 g/mol. The quantitative estimate of drug-likeness (QED) is 0.796. The molecule has 1 aromatic carbocycles. The second kappa shape index (κ2) is 7.73. The van der Waals surface area contributed by atoms with Crippen LogP contribution in [0.15, 0.2) is 28.8 Å². The number of likely N-dealkylation sites (N-methyl/N-ethyl adjacent to an activating group) is 1. The molecule has 1 aromatic heterocycles. The lowest BCUT2D eigenvalue weighted by Crippen LogP contribution is -2.51. The first-order valence-electron chi connectivity index (χ1n) is 8.26. The van der Waals surface area contributed by atoms with Crippen LogP contribution >= 0.6 is 0 Å². The maximum absolute atomic E-state index is 10.9. The third-order valence-electron chi connectivity index (χ3n) is 4.54. The monoisotopic (exact) mass is 346 g/mol. The number of aliphatic hydroxyl groups excluding tert-OH is 1. The largest absolute Gasteiger partial charge is 0.478 e. The normalized spacial score (nSPS) is 19.2. The molecule has 1 atom stereocenters. The highest BCUT2D eigenvalue weighted by Crippen LogP contribution is 2.18. The minimum absolute atomic E-state index is 0.180. The van der Waals surface area contributed by atoms with Gasteiger partial charge in [0, 0.05) is 37.8 Å². The van der Waals surface area contributed by atoms with Crippen molar-refractivity contribution in [1.29, 1.82) is 0 Å². The molecule has 1 fully saturated rings. The van der Waals surface area contributed by atoms with E-state index >= 15 is 0 Å². The van der Waals surface area contributed by atoms with Crippen LogP contribution in [0.3, 0.4) is 0 Å². The van der Waals surface area contributed by atoms with Crippen LogP contribution in [0.25, 0.3) is 11.4 Å². The fraction of sp³-hybridized carbons (Fsp3) is 0.471. The van der Waals surface area contributed by atoms with Crippen molar-refractivity contribution in [2.45, 2.75) is 19.0 Å². The van der Waals surface area contributed by atoms with Gasteiger partial charge in [0.05, 0.1) is 12.1 Å². The summed E-state index contributed by atoms with van der Waals surface area (Å²) < 4.78 is 5.34. The molecule has 1 saturated heterocycles. The number of piperazine rings is 1. The van der Waals surface area contributed by atoms with Gasteiger partial charge in [0.1, 0.15) is 0 Å². The van der Waals surface area contributed by atoms with Crippen molar-refractivity contribution in [3.63, 3.8) is 0 Å². The number of rotatable bonds is 6. The molecule has 0 bridgehead atoms. The maximum Gasteiger partial charge on any atom is 0.335 e. The molecule has 8 heteroatoms. The number of hydrogen-bond donors (Lipinski definition) is 2. The summed E-state index contributed by atoms with van der Waals surface area (Å²) in [5.41, 5.74) is 0.941. The lowest BCUT2D eigenvalue weighted by molar-refractivity contribution is 0.0679. The fourth-order valence-electron chi connectivity index (χ4n) is 3.00. The second-order valence-electron chi connectivity index (χ2n) is 6.28. The number of aliphatic hydroxyl groups is 1. The van der Waals surface area contributed by atoms with Gasteiger partial charge in [0.15, 0.2) is 0 Å². The molecule has 25 heavy (non-hydrogen) atoms. The molecule has 2 heterocycles. The molecule has 1 unspecified atom stereocenters. The summed E-state index contributed by atoms with van der Waals surface area (Å²) >= 11 is 0. The molecular weight excluding hydrogens is 324 g/mol. The Kier molecular flexibility index (Phi) is 5.42. The Bertz CT molecular complexity index is 716. The molecule has 2 aromatic rings. The highest BCUT2D eigenvalue weighted by molar-refractivity contribution is 5.88. The van der Waals surface area contributed by atoms with Gasteiger partial charge in [0.2, 0.25) is 11.7 Å². The number of hydrogen-bond acceptors (Lipinski definition) is 7. The van der Waals surface area contributed by atoms with E-state index in [1.165, 1.54) is 12.1 Å². The summed E-state index contributed by atoms with van der Waals surface area (Å²) in [6, 6.07) is 6.71. The van der Waals surface area contributed by atoms with Crippen molar-refractivity contribution in [2.24, 2.45) is 0 Å². The molecule has 8 nitrogen and oxygen atoms in total. The van der Waals surface area contributed by atoms with Crippen molar-refractivity contribution in [3.05, 3.63) is 35.7 Å². The van der Waals surface area contributed by atoms with Gasteiger partial charge in [-0.25, -0.2) is 4.79 Å². The third kappa shape index (κ3) is 4.22. The zero-order valence-electron chi connectivity index (χ0n) is 14.1. The molecule has 1 aliphatic rings. The summed E-state index contributed by atoms with van der Waals surface area (Å²) in [7, 11) is 2.07. The van der Waals surface area contributed by atoms with Gasteiger partial charge in [-0.15, -0.1) is 0 Å². The number of benzene rings is 1. The molecule has 3 rings (SSSR count). The predicted octanol–water partition coefficient (Wildman–Crippen LogP) is 0.933. The van der Waals surface area contributed by atoms with Gasteiger partial charge in [-0.1, -0.05) is 17.3 Å². The first kappa shape index (κ1) is 17.5. The van der Waals surface area contributed by atoms with Crippen LogP contribution in [0.2, 0.25) is 0 Å². The topological polar surface area (TPSA) is 103 Å². The number of aromatic nitrogens is 2. The zero-order valence-corrected chi connectivity index (χ0v) is 14.1. The zero-order chi connectivity index (χ0) is 17.8. The Labute approximate surface area is 145 Å². The molecule has 0 amide bonds. The Balaban J connectivity index is 1.64. The summed E-state index contributed by atoms with van der Waals surface area (Å²) in [6.45, 7) is 3.43. The molecule has 1 aliphatic heterocycles. The average Bonchev–Trinajstić information content (AvgIpc) is 3.07. The van der Waals surface area contributed by atoms with Gasteiger partial charge >= 0.3 is 5.97 Å². The van der Waals surface area contributed by atoms with Crippen molar-refractivity contribution >= 4 is 5.97 Å². The van der Waals surface area contributed by atoms with E-state index in [1.807, 2.05) is 0 Å². The van der Waals surface area contributed by atoms with E-state index in [-0.39, 0.29) is 12.2 Å². The fourth-order valence-corrected chi connectivity index (χ4v) is 3.00. The van der Waals surface area contributed by atoms with Crippen molar-refractivity contribution < 1.29 is 19.5 Å². The highest BCUT2D eigenvalue weighted by Gasteiger charge is 2.25. The summed E-state index contributed by atoms with van der Waals surface area (Å²) in [6.07, 6.45) is 0.748. The van der Waals surface area contributed by atoms with E-state index in [1.54, 1.807) is 12.1 Å². The van der Waals surface area contributed by atoms with Gasteiger partial charge in [-0.3, -0.25) is 4.90 Å². The van der Waals surface area contributed by atoms with Crippen LogP contribution in [0.5, 0.6) is 0 Å². The Morgan fingerprint density at radius 1 is 1.32 bits per heavy atom. The van der Waals surface area contributed by atoms with Gasteiger partial charge in [-0.2, -0.15) is 4.98 Å². The molecule has 0 saturated carbocycles. The maximum atomic E-state index is 10.9. The third-order valence-corrected chi connectivity index (χ3v) is 4.54. The lowest BCUT2D eigenvalue weighted by atomic mass is 10.1. The predicted molar refractivity (Wildman–Crippen MR) is 90.1 cm³/mol. The summed E-state index contributed by atoms with van der Waals surface area (Å²) in [5, 5.41) is 22.1. The summed E-state index contributed by atoms with van der Waals surface area (Å²) in [5.74, 6) is 0.0189. The van der Waals surface area contributed by atoms with E-state index in [9.17, 15) is 9.90 Å². The Hall–Kier alpha value is -2.29. The number of aromatic carboxylic acids is 1. The van der Waals surface area contributed by atoms with E-state index in [4.69, 9.17) is 9.63 Å². The Morgan fingerprint density at radius 2 is 2.08 bits per heavy atom. The van der Waals surface area contributed by atoms with E-state index in [2.05, 4.69) is 27.0 Å². The first-order chi connectivity index (χ1) is 12.1. The molecule has 134 valence electrons. The van der Waals surface area contributed by atoms with Crippen molar-refractivity contribution in [1.82, 2.24) is 19.9 Å². The number of carboxylic acids is 1. The minimum Gasteiger partial charge on any atom is -0.478 e. The van der Waals surface area contributed by atoms with Crippen LogP contribution in [0, 0.1) is 0 Å². The molecule has 0 radical (unpaired) electrons. The first-order valence-corrected chi connectivity index (χ1v) is 8.26. The molecule has 0 spiro atoms. The van der Waals surface area contributed by atoms with E-state index < -0.39 is 5.97 Å². The SMILES string of the molecule is CN1CCN(Cc2nc(-c3ccc(C(=O)O)cc3)no2)CC1CCO. The van der Waals surface area contributed by atoms with Crippen LogP contribution in [0.4, 0.5) is 0 Å². The second-order valence-corrected chi connectivity index (χ2v) is 6.28. The highest BCUT2D eigenvalue weighted by atomic mass is 16.5. The smallest absolute Gasteiger partial charge is 0.335 e. The van der Waals surface area contributed by atoms with Crippen molar-refractivity contribution in [3.8, 4) is 11.4 Å². The van der Waals surface area contributed by atoms with Gasteiger partial charge in [-0.05, 0) is 25.6 Å². The number of carbonyl (C=O) groups is 1. The van der Waals surface area contributed by atoms with Crippen molar-refractivity contribution in [2.75, 3.05) is 33.3 Å².